The Hall–Kier alpha value is -1.56. The van der Waals surface area contributed by atoms with E-state index in [2.05, 4.69) is 0 Å². The minimum atomic E-state index is -1.88. The molecule has 1 aromatic rings. The fraction of sp³-hybridized carbons (Fsp3) is 0.200. The van der Waals surface area contributed by atoms with Crippen molar-refractivity contribution in [2.45, 2.75) is 16.3 Å². The summed E-state index contributed by atoms with van der Waals surface area (Å²) in [5.74, 6) is -3.06. The lowest BCUT2D eigenvalue weighted by Gasteiger charge is -2.14. The van der Waals surface area contributed by atoms with Crippen LogP contribution in [0.3, 0.4) is 0 Å². The number of carbonyl (C=O) groups is 2. The Balaban J connectivity index is 2.52. The van der Waals surface area contributed by atoms with Crippen LogP contribution in [0.15, 0.2) is 23.1 Å². The van der Waals surface area contributed by atoms with Crippen LogP contribution in [0.4, 0.5) is 4.39 Å². The van der Waals surface area contributed by atoms with E-state index in [0.717, 1.165) is 11.8 Å². The lowest BCUT2D eigenvalue weighted by Crippen LogP contribution is -2.34. The summed E-state index contributed by atoms with van der Waals surface area (Å²) in [6.07, 6.45) is -1.88. The van der Waals surface area contributed by atoms with Crippen LogP contribution in [-0.4, -0.2) is 17.2 Å². The van der Waals surface area contributed by atoms with Crippen molar-refractivity contribution in [2.75, 3.05) is 0 Å². The van der Waals surface area contributed by atoms with Gasteiger partial charge in [0.1, 0.15) is 6.17 Å². The van der Waals surface area contributed by atoms with Gasteiger partial charge < -0.3 is 19.8 Å². The summed E-state index contributed by atoms with van der Waals surface area (Å²) >= 11 is 0.756. The molecule has 0 bridgehead atoms. The lowest BCUT2D eigenvalue weighted by atomic mass is 10.0. The van der Waals surface area contributed by atoms with E-state index in [-0.39, 0.29) is 11.1 Å². The quantitative estimate of drug-likeness (QED) is 0.681. The molecule has 0 spiro atoms. The molecule has 6 heteroatoms. The van der Waals surface area contributed by atoms with Crippen LogP contribution in [0.5, 0.6) is 0 Å². The average molecular weight is 240 g/mol. The zero-order valence-electron chi connectivity index (χ0n) is 7.81. The Morgan fingerprint density at radius 3 is 2.56 bits per heavy atom. The van der Waals surface area contributed by atoms with Crippen molar-refractivity contribution in [3.8, 4) is 0 Å². The van der Waals surface area contributed by atoms with Crippen molar-refractivity contribution in [1.29, 1.82) is 0 Å². The minimum absolute atomic E-state index is 0.123. The molecular weight excluding hydrogens is 235 g/mol. The number of aromatic carboxylic acids is 1. The first-order valence-electron chi connectivity index (χ1n) is 4.38. The standard InChI is InChI=1S/C10H7FO4S/c11-7-6-4(9(12)13)2-1-3-5(6)16-8(7)10(14)15/h1-3,7-8H,(H,12,13)(H,14,15)/p-2. The van der Waals surface area contributed by atoms with Crippen LogP contribution in [0.2, 0.25) is 0 Å². The second kappa shape index (κ2) is 3.79. The topological polar surface area (TPSA) is 80.3 Å². The maximum absolute atomic E-state index is 13.7. The molecule has 84 valence electrons. The highest BCUT2D eigenvalue weighted by atomic mass is 32.2. The van der Waals surface area contributed by atoms with Gasteiger partial charge in [-0.15, -0.1) is 11.8 Å². The smallest absolute Gasteiger partial charge is 0.144 e. The molecular formula is C10H5FO4S-2. The van der Waals surface area contributed by atoms with Gasteiger partial charge in [0.15, 0.2) is 0 Å². The molecule has 1 aliphatic rings. The van der Waals surface area contributed by atoms with Gasteiger partial charge in [-0.05, 0) is 6.07 Å². The van der Waals surface area contributed by atoms with Crippen LogP contribution in [0, 0.1) is 0 Å². The zero-order valence-corrected chi connectivity index (χ0v) is 8.62. The number of hydrogen-bond acceptors (Lipinski definition) is 5. The van der Waals surface area contributed by atoms with Crippen LogP contribution in [0.1, 0.15) is 22.1 Å². The predicted octanol–water partition coefficient (Wildman–Crippen LogP) is -0.715. The Labute approximate surface area is 94.1 Å². The molecule has 1 aliphatic heterocycles. The second-order valence-electron chi connectivity index (χ2n) is 3.26. The lowest BCUT2D eigenvalue weighted by molar-refractivity contribution is -0.305. The Morgan fingerprint density at radius 1 is 1.31 bits per heavy atom. The molecule has 0 amide bonds. The average Bonchev–Trinajstić information content (AvgIpc) is 2.56. The fourth-order valence-electron chi connectivity index (χ4n) is 1.62. The third-order valence-corrected chi connectivity index (χ3v) is 3.61. The molecule has 2 atom stereocenters. The zero-order chi connectivity index (χ0) is 11.9. The number of carbonyl (C=O) groups excluding carboxylic acids is 2. The van der Waals surface area contributed by atoms with E-state index < -0.39 is 23.4 Å². The van der Waals surface area contributed by atoms with Crippen LogP contribution in [0.25, 0.3) is 0 Å². The van der Waals surface area contributed by atoms with Crippen molar-refractivity contribution >= 4 is 23.7 Å². The minimum Gasteiger partial charge on any atom is -0.549 e. The second-order valence-corrected chi connectivity index (χ2v) is 4.45. The molecule has 2 unspecified atom stereocenters. The van der Waals surface area contributed by atoms with Crippen molar-refractivity contribution in [3.63, 3.8) is 0 Å². The predicted molar refractivity (Wildman–Crippen MR) is 49.3 cm³/mol. The Morgan fingerprint density at radius 2 is 2.00 bits per heavy atom. The Bertz CT molecular complexity index is 474. The molecule has 1 heterocycles. The first-order valence-corrected chi connectivity index (χ1v) is 5.26. The first kappa shape index (κ1) is 10.9. The first-order chi connectivity index (χ1) is 7.52. The molecule has 0 saturated heterocycles. The number of hydrogen-bond donors (Lipinski definition) is 0. The SMILES string of the molecule is O=C([O-])c1cccc2c1C(F)C(C(=O)[O-])S2. The van der Waals surface area contributed by atoms with E-state index in [4.69, 9.17) is 0 Å². The molecule has 0 aliphatic carbocycles. The van der Waals surface area contributed by atoms with Crippen molar-refractivity contribution < 1.29 is 24.2 Å². The number of rotatable bonds is 2. The molecule has 0 N–H and O–H groups in total. The number of fused-ring (bicyclic) bond motifs is 1. The summed E-state index contributed by atoms with van der Waals surface area (Å²) < 4.78 is 13.7. The highest BCUT2D eigenvalue weighted by Crippen LogP contribution is 2.47. The molecule has 16 heavy (non-hydrogen) atoms. The van der Waals surface area contributed by atoms with E-state index in [1.165, 1.54) is 18.2 Å². The summed E-state index contributed by atoms with van der Waals surface area (Å²) in [4.78, 5) is 21.7. The van der Waals surface area contributed by atoms with Crippen molar-refractivity contribution in [3.05, 3.63) is 29.3 Å². The maximum atomic E-state index is 13.7. The van der Waals surface area contributed by atoms with Gasteiger partial charge in [0.05, 0.1) is 17.2 Å². The number of carboxylic acids is 2. The van der Waals surface area contributed by atoms with Crippen LogP contribution >= 0.6 is 11.8 Å². The van der Waals surface area contributed by atoms with Gasteiger partial charge in [-0.1, -0.05) is 12.1 Å². The Kier molecular flexibility index (Phi) is 2.59. The molecule has 0 radical (unpaired) electrons. The summed E-state index contributed by atoms with van der Waals surface area (Å²) in [5, 5.41) is 20.0. The fourth-order valence-corrected chi connectivity index (χ4v) is 2.76. The molecule has 0 fully saturated rings. The van der Waals surface area contributed by atoms with Gasteiger partial charge in [-0.3, -0.25) is 0 Å². The van der Waals surface area contributed by atoms with Crippen LogP contribution < -0.4 is 10.2 Å². The summed E-state index contributed by atoms with van der Waals surface area (Å²) in [7, 11) is 0. The summed E-state index contributed by atoms with van der Waals surface area (Å²) in [5.41, 5.74) is -0.428. The van der Waals surface area contributed by atoms with Gasteiger partial charge >= 0.3 is 0 Å². The monoisotopic (exact) mass is 240 g/mol. The highest BCUT2D eigenvalue weighted by Gasteiger charge is 2.36. The normalized spacial score (nSPS) is 22.8. The van der Waals surface area contributed by atoms with Crippen molar-refractivity contribution in [1.82, 2.24) is 0 Å². The number of aliphatic carboxylic acids is 1. The van der Waals surface area contributed by atoms with E-state index >= 15 is 0 Å². The van der Waals surface area contributed by atoms with Gasteiger partial charge in [-0.25, -0.2) is 4.39 Å². The van der Waals surface area contributed by atoms with Gasteiger partial charge in [0.25, 0.3) is 0 Å². The van der Waals surface area contributed by atoms with Crippen LogP contribution in [-0.2, 0) is 4.79 Å². The van der Waals surface area contributed by atoms with E-state index in [0.29, 0.717) is 4.90 Å². The number of benzene rings is 1. The van der Waals surface area contributed by atoms with E-state index in [1.54, 1.807) is 0 Å². The largest absolute Gasteiger partial charge is 0.549 e. The van der Waals surface area contributed by atoms with E-state index in [9.17, 15) is 24.2 Å². The van der Waals surface area contributed by atoms with Crippen molar-refractivity contribution in [2.24, 2.45) is 0 Å². The molecule has 0 aromatic heterocycles. The molecule has 1 aromatic carbocycles. The number of carboxylic acid groups (broad SMARTS) is 2. The number of thioether (sulfide) groups is 1. The molecule has 2 rings (SSSR count). The third kappa shape index (κ3) is 1.55. The van der Waals surface area contributed by atoms with Gasteiger partial charge in [0.2, 0.25) is 0 Å². The number of halogens is 1. The third-order valence-electron chi connectivity index (χ3n) is 2.31. The maximum Gasteiger partial charge on any atom is 0.144 e. The van der Waals surface area contributed by atoms with Gasteiger partial charge in [0, 0.05) is 16.0 Å². The number of alkyl halides is 1. The van der Waals surface area contributed by atoms with E-state index in [1.807, 2.05) is 0 Å². The summed E-state index contributed by atoms with van der Waals surface area (Å²) in [6.45, 7) is 0. The summed E-state index contributed by atoms with van der Waals surface area (Å²) in [6, 6.07) is 4.09. The highest BCUT2D eigenvalue weighted by molar-refractivity contribution is 8.01. The molecule has 4 nitrogen and oxygen atoms in total. The van der Waals surface area contributed by atoms with Gasteiger partial charge in [-0.2, -0.15) is 0 Å². The molecule has 0 saturated carbocycles.